The molecule has 0 saturated carbocycles. The zero-order chi connectivity index (χ0) is 17.2. The molecule has 1 amide bonds. The molecular formula is C16H24ClN3O3. The van der Waals surface area contributed by atoms with E-state index in [0.717, 1.165) is 0 Å². The third kappa shape index (κ3) is 4.96. The van der Waals surface area contributed by atoms with Gasteiger partial charge in [-0.1, -0.05) is 25.4 Å². The molecule has 2 rings (SSSR count). The topological polar surface area (TPSA) is 64.6 Å². The monoisotopic (exact) mass is 341 g/mol. The number of amides is 1. The van der Waals surface area contributed by atoms with Crippen molar-refractivity contribution in [1.29, 1.82) is 0 Å². The third-order valence-electron chi connectivity index (χ3n) is 3.63. The number of nitrogens with zero attached hydrogens (tertiary/aromatic N) is 3. The minimum absolute atomic E-state index is 0.0542. The van der Waals surface area contributed by atoms with E-state index in [-0.39, 0.29) is 24.0 Å². The molecule has 0 aromatic carbocycles. The summed E-state index contributed by atoms with van der Waals surface area (Å²) in [6, 6.07) is 0. The van der Waals surface area contributed by atoms with E-state index >= 15 is 0 Å². The quantitative estimate of drug-likeness (QED) is 0.824. The SMILES string of the molecule is CC1CN(C(=O)OC(C)(C)C)CC(C)C1Oc1cncc(Cl)n1. The highest BCUT2D eigenvalue weighted by Crippen LogP contribution is 2.27. The summed E-state index contributed by atoms with van der Waals surface area (Å²) >= 11 is 5.84. The molecule has 1 fully saturated rings. The van der Waals surface area contributed by atoms with Gasteiger partial charge >= 0.3 is 6.09 Å². The van der Waals surface area contributed by atoms with Crippen LogP contribution in [0.3, 0.4) is 0 Å². The summed E-state index contributed by atoms with van der Waals surface area (Å²) in [5.74, 6) is 0.700. The van der Waals surface area contributed by atoms with Crippen LogP contribution >= 0.6 is 11.6 Å². The maximum atomic E-state index is 12.2. The van der Waals surface area contributed by atoms with Crippen molar-refractivity contribution in [1.82, 2.24) is 14.9 Å². The Hall–Kier alpha value is -1.56. The molecule has 0 aliphatic carbocycles. The first-order valence-electron chi connectivity index (χ1n) is 7.78. The molecule has 2 heterocycles. The van der Waals surface area contributed by atoms with Gasteiger partial charge in [-0.2, -0.15) is 4.98 Å². The average molecular weight is 342 g/mol. The first kappa shape index (κ1) is 17.8. The lowest BCUT2D eigenvalue weighted by atomic mass is 9.88. The molecule has 2 atom stereocenters. The summed E-state index contributed by atoms with van der Waals surface area (Å²) in [7, 11) is 0. The molecule has 6 nitrogen and oxygen atoms in total. The van der Waals surface area contributed by atoms with Crippen molar-refractivity contribution in [3.05, 3.63) is 17.5 Å². The molecule has 23 heavy (non-hydrogen) atoms. The number of rotatable bonds is 2. The van der Waals surface area contributed by atoms with E-state index in [1.54, 1.807) is 11.1 Å². The number of aromatic nitrogens is 2. The van der Waals surface area contributed by atoms with Crippen molar-refractivity contribution in [3.63, 3.8) is 0 Å². The maximum Gasteiger partial charge on any atom is 0.410 e. The van der Waals surface area contributed by atoms with Gasteiger partial charge in [-0.3, -0.25) is 4.98 Å². The Morgan fingerprint density at radius 1 is 1.26 bits per heavy atom. The van der Waals surface area contributed by atoms with Crippen LogP contribution in [-0.2, 0) is 4.74 Å². The van der Waals surface area contributed by atoms with Crippen LogP contribution < -0.4 is 4.74 Å². The Morgan fingerprint density at radius 3 is 2.39 bits per heavy atom. The summed E-state index contributed by atoms with van der Waals surface area (Å²) in [5, 5.41) is 0.300. The van der Waals surface area contributed by atoms with E-state index in [1.165, 1.54) is 6.20 Å². The van der Waals surface area contributed by atoms with Crippen LogP contribution in [0.5, 0.6) is 5.88 Å². The fourth-order valence-corrected chi connectivity index (χ4v) is 2.91. The summed E-state index contributed by atoms with van der Waals surface area (Å²) in [6.07, 6.45) is 2.68. The van der Waals surface area contributed by atoms with E-state index in [1.807, 2.05) is 20.8 Å². The van der Waals surface area contributed by atoms with Crippen molar-refractivity contribution >= 4 is 17.7 Å². The molecule has 1 aromatic rings. The van der Waals surface area contributed by atoms with Crippen LogP contribution in [0.1, 0.15) is 34.6 Å². The van der Waals surface area contributed by atoms with Crippen molar-refractivity contribution < 1.29 is 14.3 Å². The Balaban J connectivity index is 2.01. The second-order valence-corrected chi connectivity index (χ2v) is 7.49. The summed E-state index contributed by atoms with van der Waals surface area (Å²) < 4.78 is 11.4. The molecule has 2 unspecified atom stereocenters. The molecule has 1 saturated heterocycles. The molecule has 0 bridgehead atoms. The number of piperidine rings is 1. The van der Waals surface area contributed by atoms with Crippen molar-refractivity contribution in [2.24, 2.45) is 11.8 Å². The molecule has 0 spiro atoms. The van der Waals surface area contributed by atoms with E-state index in [4.69, 9.17) is 21.1 Å². The van der Waals surface area contributed by atoms with Crippen molar-refractivity contribution in [2.45, 2.75) is 46.3 Å². The van der Waals surface area contributed by atoms with E-state index in [2.05, 4.69) is 23.8 Å². The lowest BCUT2D eigenvalue weighted by molar-refractivity contribution is -0.0197. The van der Waals surface area contributed by atoms with E-state index < -0.39 is 5.60 Å². The molecule has 128 valence electrons. The average Bonchev–Trinajstić information content (AvgIpc) is 2.41. The standard InChI is InChI=1S/C16H24ClN3O3/c1-10-8-20(15(21)23-16(3,4)5)9-11(2)14(10)22-13-7-18-6-12(17)19-13/h6-7,10-11,14H,8-9H2,1-5H3. The lowest BCUT2D eigenvalue weighted by Gasteiger charge is -2.41. The Morgan fingerprint density at radius 2 is 1.87 bits per heavy atom. The van der Waals surface area contributed by atoms with Gasteiger partial charge in [-0.25, -0.2) is 4.79 Å². The summed E-state index contributed by atoms with van der Waals surface area (Å²) in [5.41, 5.74) is -0.493. The Bertz CT molecular complexity index is 550. The fourth-order valence-electron chi connectivity index (χ4n) is 2.77. The molecule has 1 aliphatic heterocycles. The third-order valence-corrected chi connectivity index (χ3v) is 3.81. The number of hydrogen-bond donors (Lipinski definition) is 0. The zero-order valence-electron chi connectivity index (χ0n) is 14.2. The van der Waals surface area contributed by atoms with E-state index in [9.17, 15) is 4.79 Å². The first-order chi connectivity index (χ1) is 10.7. The van der Waals surface area contributed by atoms with Crippen LogP contribution in [-0.4, -0.2) is 45.8 Å². The highest BCUT2D eigenvalue weighted by atomic mass is 35.5. The van der Waals surface area contributed by atoms with Gasteiger partial charge in [0.1, 0.15) is 11.7 Å². The number of halogens is 1. The van der Waals surface area contributed by atoms with Gasteiger partial charge in [-0.15, -0.1) is 0 Å². The minimum atomic E-state index is -0.493. The van der Waals surface area contributed by atoms with Crippen molar-refractivity contribution in [3.8, 4) is 5.88 Å². The normalized spacial score (nSPS) is 25.1. The predicted octanol–water partition coefficient (Wildman–Crippen LogP) is 3.40. The number of ether oxygens (including phenoxy) is 2. The summed E-state index contributed by atoms with van der Waals surface area (Å²) in [4.78, 5) is 22.1. The largest absolute Gasteiger partial charge is 0.473 e. The Kier molecular flexibility index (Phi) is 5.34. The first-order valence-corrected chi connectivity index (χ1v) is 8.15. The summed E-state index contributed by atoms with van der Waals surface area (Å²) in [6.45, 7) is 10.9. The Labute approximate surface area is 142 Å². The zero-order valence-corrected chi connectivity index (χ0v) is 15.0. The van der Waals surface area contributed by atoms with Crippen molar-refractivity contribution in [2.75, 3.05) is 13.1 Å². The second-order valence-electron chi connectivity index (χ2n) is 7.10. The van der Waals surface area contributed by atoms with Gasteiger partial charge in [0, 0.05) is 24.9 Å². The van der Waals surface area contributed by atoms with Crippen LogP contribution in [0.15, 0.2) is 12.4 Å². The maximum absolute atomic E-state index is 12.2. The molecule has 1 aliphatic rings. The molecule has 1 aromatic heterocycles. The fraction of sp³-hybridized carbons (Fsp3) is 0.688. The van der Waals surface area contributed by atoms with Gasteiger partial charge in [0.2, 0.25) is 5.88 Å². The van der Waals surface area contributed by atoms with Crippen LogP contribution in [0.4, 0.5) is 4.79 Å². The van der Waals surface area contributed by atoms with Gasteiger partial charge in [0.05, 0.1) is 12.4 Å². The highest BCUT2D eigenvalue weighted by molar-refractivity contribution is 6.29. The van der Waals surface area contributed by atoms with Crippen LogP contribution in [0.25, 0.3) is 0 Å². The van der Waals surface area contributed by atoms with Crippen LogP contribution in [0.2, 0.25) is 5.15 Å². The van der Waals surface area contributed by atoms with Gasteiger partial charge in [0.25, 0.3) is 0 Å². The number of carbonyl (C=O) groups excluding carboxylic acids is 1. The second kappa shape index (κ2) is 6.91. The number of likely N-dealkylation sites (tertiary alicyclic amines) is 1. The highest BCUT2D eigenvalue weighted by Gasteiger charge is 2.37. The smallest absolute Gasteiger partial charge is 0.410 e. The molecular weight excluding hydrogens is 318 g/mol. The molecule has 0 radical (unpaired) electrons. The molecule has 0 N–H and O–H groups in total. The van der Waals surface area contributed by atoms with E-state index in [0.29, 0.717) is 24.1 Å². The van der Waals surface area contributed by atoms with Crippen LogP contribution in [0, 0.1) is 11.8 Å². The lowest BCUT2D eigenvalue weighted by Crippen LogP contribution is -2.52. The minimum Gasteiger partial charge on any atom is -0.473 e. The number of hydrogen-bond acceptors (Lipinski definition) is 5. The van der Waals surface area contributed by atoms with Gasteiger partial charge < -0.3 is 14.4 Å². The predicted molar refractivity (Wildman–Crippen MR) is 87.6 cm³/mol. The molecule has 7 heteroatoms. The van der Waals surface area contributed by atoms with Gasteiger partial charge in [-0.05, 0) is 20.8 Å². The number of carbonyl (C=O) groups is 1. The van der Waals surface area contributed by atoms with Gasteiger partial charge in [0.15, 0.2) is 5.15 Å².